The fourth-order valence-corrected chi connectivity index (χ4v) is 8.26. The molecule has 2 amide bonds. The lowest BCUT2D eigenvalue weighted by molar-refractivity contribution is 0.0642. The van der Waals surface area contributed by atoms with Gasteiger partial charge in [-0.05, 0) is 56.2 Å². The summed E-state index contributed by atoms with van der Waals surface area (Å²) in [5, 5.41) is 18.1. The number of aromatic nitrogens is 3. The van der Waals surface area contributed by atoms with E-state index >= 15 is 4.39 Å². The van der Waals surface area contributed by atoms with Crippen molar-refractivity contribution in [1.29, 1.82) is 5.26 Å². The van der Waals surface area contributed by atoms with Crippen LogP contribution >= 0.6 is 22.9 Å². The third kappa shape index (κ3) is 4.47. The number of ether oxygens (including phenoxy) is 1. The molecule has 3 aliphatic rings. The summed E-state index contributed by atoms with van der Waals surface area (Å²) < 4.78 is 36.6. The lowest BCUT2D eigenvalue weighted by Gasteiger charge is -2.39. The molecule has 5 heterocycles. The van der Waals surface area contributed by atoms with Gasteiger partial charge in [0, 0.05) is 29.6 Å². The summed E-state index contributed by atoms with van der Waals surface area (Å²) in [5.41, 5.74) is 6.75. The van der Waals surface area contributed by atoms with Crippen LogP contribution in [0.2, 0.25) is 5.02 Å². The Morgan fingerprint density at radius 2 is 1.98 bits per heavy atom. The Kier molecular flexibility index (Phi) is 6.93. The predicted molar refractivity (Wildman–Crippen MR) is 160 cm³/mol. The maximum absolute atomic E-state index is 15.9. The number of hydrogen-bond donors (Lipinski definition) is 1. The average Bonchev–Trinajstić information content (AvgIpc) is 3.63. The molecule has 3 aliphatic heterocycles. The molecule has 10 nitrogen and oxygen atoms in total. The fourth-order valence-electron chi connectivity index (χ4n) is 6.96. The smallest absolute Gasteiger partial charge is 0.362 e. The van der Waals surface area contributed by atoms with E-state index in [1.165, 1.54) is 12.1 Å². The molecular weight excluding hydrogens is 612 g/mol. The minimum Gasteiger partial charge on any atom is -0.489 e. The highest BCUT2D eigenvalue weighted by Crippen LogP contribution is 2.47. The van der Waals surface area contributed by atoms with Gasteiger partial charge >= 0.3 is 6.03 Å². The van der Waals surface area contributed by atoms with Crippen LogP contribution in [0, 0.1) is 35.8 Å². The van der Waals surface area contributed by atoms with E-state index in [4.69, 9.17) is 22.1 Å². The molecule has 44 heavy (non-hydrogen) atoms. The molecule has 4 aromatic rings. The summed E-state index contributed by atoms with van der Waals surface area (Å²) in [6.07, 6.45) is 4.74. The van der Waals surface area contributed by atoms with Crippen LogP contribution in [-0.4, -0.2) is 68.5 Å². The molecule has 2 N–H and O–H groups in total. The number of hydrogen-bond acceptors (Lipinski definition) is 8. The zero-order valence-corrected chi connectivity index (χ0v) is 25.1. The van der Waals surface area contributed by atoms with Crippen LogP contribution < -0.4 is 10.5 Å². The summed E-state index contributed by atoms with van der Waals surface area (Å²) in [6, 6.07) is 5.41. The van der Waals surface area contributed by atoms with Gasteiger partial charge in [0.1, 0.15) is 29.3 Å². The van der Waals surface area contributed by atoms with E-state index in [2.05, 4.69) is 10.2 Å². The van der Waals surface area contributed by atoms with Crippen LogP contribution in [-0.2, 0) is 0 Å². The van der Waals surface area contributed by atoms with Gasteiger partial charge in [0.05, 0.1) is 39.3 Å². The van der Waals surface area contributed by atoms with E-state index < -0.39 is 17.5 Å². The number of nitrogens with two attached hydrogens (primary N) is 1. The van der Waals surface area contributed by atoms with E-state index in [0.717, 1.165) is 47.9 Å². The maximum atomic E-state index is 15.9. The number of nitrogen functional groups attached to an aromatic ring is 1. The van der Waals surface area contributed by atoms with Gasteiger partial charge in [0.25, 0.3) is 5.91 Å². The van der Waals surface area contributed by atoms with Crippen molar-refractivity contribution in [3.63, 3.8) is 0 Å². The minimum atomic E-state index is -0.804. The number of piperidine rings is 1. The predicted octanol–water partition coefficient (Wildman–Crippen LogP) is 5.60. The van der Waals surface area contributed by atoms with Crippen molar-refractivity contribution in [2.24, 2.45) is 5.92 Å². The largest absolute Gasteiger partial charge is 0.489 e. The molecule has 0 radical (unpaired) electrons. The zero-order chi connectivity index (χ0) is 30.9. The van der Waals surface area contributed by atoms with E-state index in [9.17, 15) is 19.2 Å². The molecule has 7 rings (SSSR count). The van der Waals surface area contributed by atoms with E-state index in [1.807, 2.05) is 11.0 Å². The number of carbonyl (C=O) groups is 2. The normalized spacial score (nSPS) is 21.2. The first-order valence-corrected chi connectivity index (χ1v) is 15.4. The van der Waals surface area contributed by atoms with Gasteiger partial charge in [0.2, 0.25) is 0 Å². The van der Waals surface area contributed by atoms with E-state index in [0.29, 0.717) is 12.2 Å². The van der Waals surface area contributed by atoms with E-state index in [-0.39, 0.29) is 85.3 Å². The summed E-state index contributed by atoms with van der Waals surface area (Å²) in [7, 11) is 0. The topological polar surface area (TPSA) is 130 Å². The standard InChI is InChI=1S/C30H26ClF2N7O3S/c1-14-12-36-40(37-14)30(42)39-16-2-3-17(39)9-15(8-16)13-38-6-7-43-26-19(29(38)41)10-22(33)24(25(26)31)18-4-5-21(32)27-23(18)20(11-34)28(35)44-27/h4-5,10,12,15-17H,2-3,6-9,13,35H2,1H3. The lowest BCUT2D eigenvalue weighted by Crippen LogP contribution is -2.50. The van der Waals surface area contributed by atoms with Crippen LogP contribution in [0.5, 0.6) is 5.75 Å². The van der Waals surface area contributed by atoms with Crippen LogP contribution in [0.25, 0.3) is 21.2 Å². The molecule has 2 unspecified atom stereocenters. The molecule has 14 heteroatoms. The zero-order valence-electron chi connectivity index (χ0n) is 23.5. The molecule has 2 saturated heterocycles. The first kappa shape index (κ1) is 28.5. The number of rotatable bonds is 3. The molecule has 0 saturated carbocycles. The van der Waals surface area contributed by atoms with Crippen molar-refractivity contribution in [3.05, 3.63) is 57.9 Å². The van der Waals surface area contributed by atoms with Crippen LogP contribution in [0.3, 0.4) is 0 Å². The van der Waals surface area contributed by atoms with Crippen molar-refractivity contribution >= 4 is 50.0 Å². The molecule has 2 aromatic heterocycles. The molecule has 2 fully saturated rings. The minimum absolute atomic E-state index is 0.00634. The van der Waals surface area contributed by atoms with Crippen LogP contribution in [0.15, 0.2) is 24.4 Å². The number of halogens is 3. The Morgan fingerprint density at radius 3 is 2.66 bits per heavy atom. The van der Waals surface area contributed by atoms with Crippen molar-refractivity contribution < 1.29 is 23.1 Å². The van der Waals surface area contributed by atoms with Crippen LogP contribution in [0.4, 0.5) is 18.6 Å². The molecule has 2 bridgehead atoms. The number of thiophene rings is 1. The first-order chi connectivity index (χ1) is 21.2. The highest BCUT2D eigenvalue weighted by atomic mass is 35.5. The first-order valence-electron chi connectivity index (χ1n) is 14.2. The Hall–Kier alpha value is -4.28. The highest BCUT2D eigenvalue weighted by molar-refractivity contribution is 7.23. The van der Waals surface area contributed by atoms with Gasteiger partial charge in [-0.2, -0.15) is 10.4 Å². The number of nitriles is 1. The molecule has 2 atom stereocenters. The third-order valence-corrected chi connectivity index (χ3v) is 10.2. The molecule has 0 aliphatic carbocycles. The summed E-state index contributed by atoms with van der Waals surface area (Å²) >= 11 is 7.64. The molecular formula is C30H26ClF2N7O3S. The Labute approximate surface area is 259 Å². The highest BCUT2D eigenvalue weighted by Gasteiger charge is 2.45. The number of carbonyl (C=O) groups excluding carboxylic acids is 2. The van der Waals surface area contributed by atoms with Gasteiger partial charge < -0.3 is 20.3 Å². The number of nitrogens with zero attached hydrogens (tertiary/aromatic N) is 6. The molecule has 0 spiro atoms. The van der Waals surface area contributed by atoms with Crippen molar-refractivity contribution in [2.75, 3.05) is 25.4 Å². The second-order valence-corrected chi connectivity index (χ2v) is 12.9. The van der Waals surface area contributed by atoms with E-state index in [1.54, 1.807) is 18.0 Å². The van der Waals surface area contributed by atoms with Crippen molar-refractivity contribution in [2.45, 2.75) is 44.7 Å². The van der Waals surface area contributed by atoms with Gasteiger partial charge in [-0.3, -0.25) is 4.79 Å². The number of fused-ring (bicyclic) bond motifs is 4. The van der Waals surface area contributed by atoms with Gasteiger partial charge in [-0.15, -0.1) is 16.4 Å². The lowest BCUT2D eigenvalue weighted by atomic mass is 9.90. The number of aryl methyl sites for hydroxylation is 1. The summed E-state index contributed by atoms with van der Waals surface area (Å²) in [6.45, 7) is 2.61. The second-order valence-electron chi connectivity index (χ2n) is 11.5. The third-order valence-electron chi connectivity index (χ3n) is 8.81. The summed E-state index contributed by atoms with van der Waals surface area (Å²) in [4.78, 5) is 31.6. The average molecular weight is 638 g/mol. The SMILES string of the molecule is Cc1cnn(C(=O)N2C3CCC2CC(CN2CCOc4c(cc(F)c(-c5ccc(F)c6sc(N)c(C#N)c56)c4Cl)C2=O)C3)n1. The van der Waals surface area contributed by atoms with Crippen LogP contribution in [0.1, 0.15) is 47.3 Å². The maximum Gasteiger partial charge on any atom is 0.362 e. The number of benzene rings is 2. The number of amides is 2. The quantitative estimate of drug-likeness (QED) is 0.309. The monoisotopic (exact) mass is 637 g/mol. The fraction of sp³-hybridized carbons (Fsp3) is 0.367. The second kappa shape index (κ2) is 10.7. The molecule has 2 aromatic carbocycles. The van der Waals surface area contributed by atoms with Gasteiger partial charge in [-0.25, -0.2) is 13.6 Å². The Bertz CT molecular complexity index is 1890. The van der Waals surface area contributed by atoms with Crippen molar-refractivity contribution in [3.8, 4) is 22.9 Å². The number of anilines is 1. The Morgan fingerprint density at radius 1 is 1.23 bits per heavy atom. The molecule has 226 valence electrons. The van der Waals surface area contributed by atoms with Gasteiger partial charge in [-0.1, -0.05) is 22.5 Å². The Balaban J connectivity index is 1.16. The van der Waals surface area contributed by atoms with Crippen molar-refractivity contribution in [1.82, 2.24) is 24.8 Å². The van der Waals surface area contributed by atoms with Gasteiger partial charge in [0.15, 0.2) is 5.75 Å². The summed E-state index contributed by atoms with van der Waals surface area (Å²) in [5.74, 6) is -1.63.